The smallest absolute Gasteiger partial charge is 0.306 e. The second-order valence-corrected chi connectivity index (χ2v) is 18.9. The van der Waals surface area contributed by atoms with Crippen molar-refractivity contribution in [2.45, 2.75) is 277 Å². The summed E-state index contributed by atoms with van der Waals surface area (Å²) in [5, 5.41) is 0. The highest BCUT2D eigenvalue weighted by Crippen LogP contribution is 2.15. The van der Waals surface area contributed by atoms with Crippen LogP contribution in [0.15, 0.2) is 85.1 Å². The first kappa shape index (κ1) is 64.6. The second kappa shape index (κ2) is 56.2. The molecule has 0 aromatic heterocycles. The number of esters is 3. The first-order valence-corrected chi connectivity index (χ1v) is 28.7. The van der Waals surface area contributed by atoms with Crippen LogP contribution in [0.3, 0.4) is 0 Å². The maximum atomic E-state index is 12.9. The van der Waals surface area contributed by atoms with Crippen molar-refractivity contribution in [3.8, 4) is 0 Å². The summed E-state index contributed by atoms with van der Waals surface area (Å²) in [6, 6.07) is 0. The van der Waals surface area contributed by atoms with Gasteiger partial charge in [-0.2, -0.15) is 0 Å². The summed E-state index contributed by atoms with van der Waals surface area (Å²) >= 11 is 0. The summed E-state index contributed by atoms with van der Waals surface area (Å²) in [6.07, 6.45) is 72.9. The van der Waals surface area contributed by atoms with E-state index in [1.807, 2.05) is 30.4 Å². The number of carbonyl (C=O) groups is 3. The number of carbonyl (C=O) groups excluding carboxylic acids is 3. The highest BCUT2D eigenvalue weighted by Gasteiger charge is 2.19. The first-order chi connectivity index (χ1) is 33.5. The maximum absolute atomic E-state index is 12.9. The van der Waals surface area contributed by atoms with Gasteiger partial charge in [0, 0.05) is 19.3 Å². The number of ether oxygens (including phenoxy) is 3. The molecule has 0 aliphatic carbocycles. The predicted octanol–water partition coefficient (Wildman–Crippen LogP) is 19.2. The third-order valence-corrected chi connectivity index (χ3v) is 12.2. The van der Waals surface area contributed by atoms with Crippen LogP contribution in [0.5, 0.6) is 0 Å². The van der Waals surface area contributed by atoms with Crippen LogP contribution in [-0.2, 0) is 28.6 Å². The van der Waals surface area contributed by atoms with Crippen molar-refractivity contribution in [1.82, 2.24) is 0 Å². The number of hydrogen-bond acceptors (Lipinski definition) is 6. The van der Waals surface area contributed by atoms with Gasteiger partial charge in [-0.25, -0.2) is 0 Å². The molecule has 0 aromatic rings. The molecular formula is C62H106O6. The number of allylic oxidation sites excluding steroid dienone is 14. The van der Waals surface area contributed by atoms with Gasteiger partial charge in [-0.3, -0.25) is 14.4 Å². The summed E-state index contributed by atoms with van der Waals surface area (Å²) in [5.74, 6) is -0.941. The number of unbranched alkanes of at least 4 members (excludes halogenated alkanes) is 30. The minimum Gasteiger partial charge on any atom is -0.462 e. The normalized spacial score (nSPS) is 12.7. The van der Waals surface area contributed by atoms with Crippen molar-refractivity contribution in [2.75, 3.05) is 13.2 Å². The topological polar surface area (TPSA) is 78.9 Å². The predicted molar refractivity (Wildman–Crippen MR) is 293 cm³/mol. The van der Waals surface area contributed by atoms with Gasteiger partial charge in [0.15, 0.2) is 6.10 Å². The molecule has 0 aromatic carbocycles. The van der Waals surface area contributed by atoms with Crippen molar-refractivity contribution in [2.24, 2.45) is 0 Å². The third-order valence-electron chi connectivity index (χ3n) is 12.2. The lowest BCUT2D eigenvalue weighted by Crippen LogP contribution is -2.30. The Labute approximate surface area is 420 Å². The molecule has 0 N–H and O–H groups in total. The van der Waals surface area contributed by atoms with E-state index in [1.54, 1.807) is 0 Å². The van der Waals surface area contributed by atoms with Crippen LogP contribution >= 0.6 is 0 Å². The highest BCUT2D eigenvalue weighted by molar-refractivity contribution is 5.71. The lowest BCUT2D eigenvalue weighted by molar-refractivity contribution is -0.167. The van der Waals surface area contributed by atoms with E-state index in [4.69, 9.17) is 14.2 Å². The molecule has 390 valence electrons. The number of rotatable bonds is 51. The fourth-order valence-electron chi connectivity index (χ4n) is 7.91. The Morgan fingerprint density at radius 2 is 0.588 bits per heavy atom. The molecule has 0 saturated heterocycles. The van der Waals surface area contributed by atoms with E-state index >= 15 is 0 Å². The summed E-state index contributed by atoms with van der Waals surface area (Å²) < 4.78 is 16.8. The molecule has 0 spiro atoms. The first-order valence-electron chi connectivity index (χ1n) is 28.7. The van der Waals surface area contributed by atoms with Gasteiger partial charge in [0.1, 0.15) is 13.2 Å². The van der Waals surface area contributed by atoms with Crippen LogP contribution in [0, 0.1) is 0 Å². The molecule has 0 aliphatic rings. The third kappa shape index (κ3) is 53.5. The van der Waals surface area contributed by atoms with Gasteiger partial charge >= 0.3 is 17.9 Å². The Hall–Kier alpha value is -3.41. The molecule has 0 heterocycles. The summed E-state index contributed by atoms with van der Waals surface area (Å²) in [5.41, 5.74) is 0. The van der Waals surface area contributed by atoms with Crippen LogP contribution < -0.4 is 0 Å². The zero-order valence-electron chi connectivity index (χ0n) is 44.6. The van der Waals surface area contributed by atoms with Crippen molar-refractivity contribution < 1.29 is 28.6 Å². The van der Waals surface area contributed by atoms with Gasteiger partial charge < -0.3 is 14.2 Å². The zero-order chi connectivity index (χ0) is 49.3. The van der Waals surface area contributed by atoms with Crippen molar-refractivity contribution in [3.05, 3.63) is 85.1 Å². The Morgan fingerprint density at radius 1 is 0.309 bits per heavy atom. The van der Waals surface area contributed by atoms with Crippen LogP contribution in [0.1, 0.15) is 271 Å². The van der Waals surface area contributed by atoms with Crippen LogP contribution in [0.2, 0.25) is 0 Å². The Balaban J connectivity index is 4.41. The highest BCUT2D eigenvalue weighted by atomic mass is 16.6. The molecule has 0 bridgehead atoms. The Bertz CT molecular complexity index is 1320. The maximum Gasteiger partial charge on any atom is 0.306 e. The lowest BCUT2D eigenvalue weighted by atomic mass is 10.1. The van der Waals surface area contributed by atoms with Gasteiger partial charge in [-0.15, -0.1) is 0 Å². The van der Waals surface area contributed by atoms with Crippen LogP contribution in [0.25, 0.3) is 0 Å². The van der Waals surface area contributed by atoms with E-state index in [9.17, 15) is 14.4 Å². The monoisotopic (exact) mass is 947 g/mol. The van der Waals surface area contributed by atoms with Gasteiger partial charge in [-0.05, 0) is 89.9 Å². The standard InChI is InChI=1S/C62H106O6/c1-4-7-10-13-16-19-22-25-27-29-31-33-34-37-40-43-46-49-52-55-61(64)67-58-59(57-66-60(63)54-51-48-45-42-39-36-24-21-18-15-12-9-6-3)68-62(65)56-53-50-47-44-41-38-35-32-30-28-26-23-20-17-14-11-8-5-2/h9,12,15-16,18-19,21-22,24-25,32,35-36,39,59H,4-8,10-11,13-14,17,20,23,26-31,33-34,37-38,40-58H2,1-3H3/b12-9-,18-15-,19-16-,24-21-,25-22-,35-32-,39-36-. The van der Waals surface area contributed by atoms with Crippen LogP contribution in [-0.4, -0.2) is 37.2 Å². The average molecular weight is 948 g/mol. The molecule has 6 nitrogen and oxygen atoms in total. The van der Waals surface area contributed by atoms with Gasteiger partial charge in [-0.1, -0.05) is 247 Å². The molecule has 0 amide bonds. The molecule has 0 fully saturated rings. The fraction of sp³-hybridized carbons (Fsp3) is 0.726. The number of hydrogen-bond donors (Lipinski definition) is 0. The summed E-state index contributed by atoms with van der Waals surface area (Å²) in [6.45, 7) is 6.44. The lowest BCUT2D eigenvalue weighted by Gasteiger charge is -2.18. The van der Waals surface area contributed by atoms with Crippen molar-refractivity contribution in [3.63, 3.8) is 0 Å². The quantitative estimate of drug-likeness (QED) is 0.0199. The molecule has 0 radical (unpaired) electrons. The Morgan fingerprint density at radius 3 is 1.00 bits per heavy atom. The largest absolute Gasteiger partial charge is 0.462 e. The van der Waals surface area contributed by atoms with Gasteiger partial charge in [0.05, 0.1) is 0 Å². The van der Waals surface area contributed by atoms with Crippen LogP contribution in [0.4, 0.5) is 0 Å². The Kier molecular flexibility index (Phi) is 53.4. The SMILES string of the molecule is CC\C=C/C=C\C=C/C=C\CCCCCC(=O)OCC(COC(=O)CCCCCCCCCCCC/C=C\C=C/CCCCC)OC(=O)CCCCCCC/C=C\CCCCCCCCCCC. The van der Waals surface area contributed by atoms with Gasteiger partial charge in [0.2, 0.25) is 0 Å². The molecule has 0 rings (SSSR count). The molecule has 0 aliphatic heterocycles. The average Bonchev–Trinajstić information content (AvgIpc) is 3.34. The summed E-state index contributed by atoms with van der Waals surface area (Å²) in [4.78, 5) is 38.1. The minimum absolute atomic E-state index is 0.0943. The molecular weight excluding hydrogens is 841 g/mol. The zero-order valence-corrected chi connectivity index (χ0v) is 44.6. The fourth-order valence-corrected chi connectivity index (χ4v) is 7.91. The molecule has 0 saturated carbocycles. The van der Waals surface area contributed by atoms with E-state index in [2.05, 4.69) is 75.5 Å². The molecule has 1 unspecified atom stereocenters. The summed E-state index contributed by atoms with van der Waals surface area (Å²) in [7, 11) is 0. The van der Waals surface area contributed by atoms with E-state index in [0.29, 0.717) is 19.3 Å². The molecule has 6 heteroatoms. The van der Waals surface area contributed by atoms with E-state index in [-0.39, 0.29) is 31.1 Å². The van der Waals surface area contributed by atoms with E-state index < -0.39 is 6.10 Å². The van der Waals surface area contributed by atoms with E-state index in [0.717, 1.165) is 83.5 Å². The van der Waals surface area contributed by atoms with E-state index in [1.165, 1.54) is 148 Å². The van der Waals surface area contributed by atoms with Gasteiger partial charge in [0.25, 0.3) is 0 Å². The molecule has 68 heavy (non-hydrogen) atoms. The minimum atomic E-state index is -0.799. The van der Waals surface area contributed by atoms with Crippen molar-refractivity contribution in [1.29, 1.82) is 0 Å². The van der Waals surface area contributed by atoms with Crippen molar-refractivity contribution >= 4 is 17.9 Å². The second-order valence-electron chi connectivity index (χ2n) is 18.9. The molecule has 1 atom stereocenters.